The van der Waals surface area contributed by atoms with Crippen LogP contribution >= 0.6 is 39.6 Å². The Hall–Kier alpha value is -0.900. The molecule has 0 saturated carbocycles. The topological polar surface area (TPSA) is 68.3 Å². The van der Waals surface area contributed by atoms with Gasteiger partial charge in [-0.2, -0.15) is 0 Å². The molecule has 0 bridgehead atoms. The zero-order valence-electron chi connectivity index (χ0n) is 9.16. The van der Waals surface area contributed by atoms with Crippen LogP contribution in [0.25, 0.3) is 0 Å². The molecule has 0 saturated heterocycles. The standard InChI is InChI=1S/2C6H5IO2/c2*8-7(9)6-4-2-1-3-5-6/h2*1-5H. The fraction of sp³-hybridized carbons (Fsp3) is 0. The van der Waals surface area contributed by atoms with Crippen LogP contribution in [0.4, 0.5) is 0 Å². The van der Waals surface area contributed by atoms with Crippen LogP contribution in [-0.2, 0) is 12.3 Å². The first-order chi connectivity index (χ1) is 8.61. The van der Waals surface area contributed by atoms with Crippen molar-refractivity contribution in [2.24, 2.45) is 0 Å². The third-order valence-electron chi connectivity index (χ3n) is 1.82. The molecule has 0 fully saturated rings. The summed E-state index contributed by atoms with van der Waals surface area (Å²) in [5.41, 5.74) is 0. The van der Waals surface area contributed by atoms with Gasteiger partial charge in [-0.3, -0.25) is 0 Å². The van der Waals surface area contributed by atoms with E-state index in [9.17, 15) is 12.3 Å². The van der Waals surface area contributed by atoms with Crippen molar-refractivity contribution in [3.05, 3.63) is 67.8 Å². The van der Waals surface area contributed by atoms with Crippen LogP contribution in [0, 0.1) is 7.14 Å². The summed E-state index contributed by atoms with van der Waals surface area (Å²) in [5.74, 6) is 0. The highest BCUT2D eigenvalue weighted by Gasteiger charge is 1.92. The lowest BCUT2D eigenvalue weighted by Gasteiger charge is -1.81. The molecule has 0 unspecified atom stereocenters. The highest BCUT2D eigenvalue weighted by Crippen LogP contribution is 2.15. The maximum Gasteiger partial charge on any atom is 0.340 e. The molecule has 2 rings (SSSR count). The SMILES string of the molecule is O=I(=O)c1ccccc1.O=I(=O)c1ccccc1. The van der Waals surface area contributed by atoms with Gasteiger partial charge in [-0.1, -0.05) is 36.4 Å². The van der Waals surface area contributed by atoms with E-state index >= 15 is 0 Å². The first-order valence-corrected chi connectivity index (χ1v) is 10.5. The van der Waals surface area contributed by atoms with E-state index in [1.807, 2.05) is 0 Å². The van der Waals surface area contributed by atoms with E-state index < -0.39 is 39.6 Å². The van der Waals surface area contributed by atoms with E-state index in [4.69, 9.17) is 0 Å². The van der Waals surface area contributed by atoms with E-state index in [0.29, 0.717) is 7.14 Å². The number of hydrogen-bond donors (Lipinski definition) is 0. The minimum absolute atomic E-state index is 0.460. The molecule has 4 nitrogen and oxygen atoms in total. The van der Waals surface area contributed by atoms with Crippen molar-refractivity contribution in [3.8, 4) is 0 Å². The van der Waals surface area contributed by atoms with E-state index in [1.54, 1.807) is 60.7 Å². The lowest BCUT2D eigenvalue weighted by molar-refractivity contribution is 0.608. The summed E-state index contributed by atoms with van der Waals surface area (Å²) in [7, 11) is 0. The molecule has 2 aromatic rings. The fourth-order valence-electron chi connectivity index (χ4n) is 1.04. The predicted molar refractivity (Wildman–Crippen MR) is 81.1 cm³/mol. The second-order valence-electron chi connectivity index (χ2n) is 3.03. The second kappa shape index (κ2) is 8.25. The van der Waals surface area contributed by atoms with Gasteiger partial charge in [0.2, 0.25) is 0 Å². The average molecular weight is 472 g/mol. The van der Waals surface area contributed by atoms with Gasteiger partial charge in [0.25, 0.3) is 0 Å². The van der Waals surface area contributed by atoms with E-state index in [1.165, 1.54) is 0 Å². The van der Waals surface area contributed by atoms with Gasteiger partial charge in [-0.05, 0) is 24.3 Å². The maximum atomic E-state index is 10.3. The van der Waals surface area contributed by atoms with Crippen LogP contribution in [0.5, 0.6) is 0 Å². The highest BCUT2D eigenvalue weighted by atomic mass is 127. The summed E-state index contributed by atoms with van der Waals surface area (Å²) in [4.78, 5) is 0. The van der Waals surface area contributed by atoms with E-state index in [0.717, 1.165) is 0 Å². The van der Waals surface area contributed by atoms with Crippen LogP contribution in [0.2, 0.25) is 0 Å². The summed E-state index contributed by atoms with van der Waals surface area (Å²) >= 11 is -6.36. The summed E-state index contributed by atoms with van der Waals surface area (Å²) in [6.07, 6.45) is 0. The van der Waals surface area contributed by atoms with Gasteiger partial charge in [-0.15, -0.1) is 0 Å². The maximum absolute atomic E-state index is 10.3. The van der Waals surface area contributed by atoms with E-state index in [2.05, 4.69) is 0 Å². The molecule has 0 aliphatic heterocycles. The molecule has 0 aromatic heterocycles. The third kappa shape index (κ3) is 5.63. The third-order valence-corrected chi connectivity index (χ3v) is 5.30. The van der Waals surface area contributed by atoms with Gasteiger partial charge in [0, 0.05) is 0 Å². The Kier molecular flexibility index (Phi) is 6.94. The average Bonchev–Trinajstić information content (AvgIpc) is 2.41. The van der Waals surface area contributed by atoms with Gasteiger partial charge < -0.3 is 0 Å². The molecule has 0 amide bonds. The van der Waals surface area contributed by atoms with Gasteiger partial charge >= 0.3 is 39.6 Å². The molecule has 0 spiro atoms. The molecule has 0 aliphatic carbocycles. The number of hydrogen-bond acceptors (Lipinski definition) is 4. The van der Waals surface area contributed by atoms with Crippen LogP contribution in [0.1, 0.15) is 0 Å². The van der Waals surface area contributed by atoms with Crippen molar-refractivity contribution in [2.45, 2.75) is 0 Å². The Morgan fingerprint density at radius 3 is 0.944 bits per heavy atom. The second-order valence-corrected chi connectivity index (χ2v) is 8.00. The number of rotatable bonds is 2. The van der Waals surface area contributed by atoms with Gasteiger partial charge in [-0.25, -0.2) is 12.3 Å². The monoisotopic (exact) mass is 472 g/mol. The van der Waals surface area contributed by atoms with Crippen molar-refractivity contribution in [1.29, 1.82) is 0 Å². The summed E-state index contributed by atoms with van der Waals surface area (Å²) < 4.78 is 42.2. The molecule has 0 radical (unpaired) electrons. The summed E-state index contributed by atoms with van der Waals surface area (Å²) in [6.45, 7) is 0. The Bertz CT molecular complexity index is 544. The predicted octanol–water partition coefficient (Wildman–Crippen LogP) is 4.11. The number of benzene rings is 2. The van der Waals surface area contributed by atoms with Crippen molar-refractivity contribution < 1.29 is 12.3 Å². The Morgan fingerprint density at radius 2 is 0.778 bits per heavy atom. The zero-order chi connectivity index (χ0) is 13.4. The van der Waals surface area contributed by atoms with Crippen molar-refractivity contribution in [1.82, 2.24) is 0 Å². The molecule has 96 valence electrons. The van der Waals surface area contributed by atoms with Crippen LogP contribution in [0.3, 0.4) is 0 Å². The minimum atomic E-state index is -3.18. The van der Waals surface area contributed by atoms with Gasteiger partial charge in [0.15, 0.2) is 0 Å². The molecule has 0 heterocycles. The van der Waals surface area contributed by atoms with Crippen LogP contribution in [0.15, 0.2) is 60.7 Å². The summed E-state index contributed by atoms with van der Waals surface area (Å²) in [6, 6.07) is 16.9. The molecule has 6 heteroatoms. The molecule has 0 aliphatic rings. The van der Waals surface area contributed by atoms with Crippen molar-refractivity contribution >= 4 is 39.6 Å². The minimum Gasteiger partial charge on any atom is -0.230 e. The van der Waals surface area contributed by atoms with E-state index in [-0.39, 0.29) is 0 Å². The van der Waals surface area contributed by atoms with Gasteiger partial charge in [0.05, 0.1) is 7.14 Å². The van der Waals surface area contributed by atoms with Crippen LogP contribution in [-0.4, -0.2) is 0 Å². The largest absolute Gasteiger partial charge is 0.340 e. The Balaban J connectivity index is 0.000000180. The Labute approximate surface area is 119 Å². The lowest BCUT2D eigenvalue weighted by atomic mass is 10.4. The number of halogens is 2. The van der Waals surface area contributed by atoms with Crippen LogP contribution < -0.4 is 0 Å². The molecule has 2 aromatic carbocycles. The molecule has 0 atom stereocenters. The van der Waals surface area contributed by atoms with Gasteiger partial charge in [0.1, 0.15) is 0 Å². The fourth-order valence-corrected chi connectivity index (χ4v) is 3.04. The van der Waals surface area contributed by atoms with Crippen molar-refractivity contribution in [2.75, 3.05) is 0 Å². The quantitative estimate of drug-likeness (QED) is 0.618. The summed E-state index contributed by atoms with van der Waals surface area (Å²) in [5, 5.41) is 0. The molecule has 18 heavy (non-hydrogen) atoms. The van der Waals surface area contributed by atoms with Crippen molar-refractivity contribution in [3.63, 3.8) is 0 Å². The first-order valence-electron chi connectivity index (χ1n) is 4.82. The highest BCUT2D eigenvalue weighted by molar-refractivity contribution is 14.2. The zero-order valence-corrected chi connectivity index (χ0v) is 13.5. The molecular weight excluding hydrogens is 462 g/mol. The lowest BCUT2D eigenvalue weighted by Crippen LogP contribution is -1.65. The smallest absolute Gasteiger partial charge is 0.230 e. The Morgan fingerprint density at radius 1 is 0.500 bits per heavy atom. The normalized spacial score (nSPS) is 9.89. The molecular formula is C12H10I2O4. The first kappa shape index (κ1) is 15.2. The molecule has 0 N–H and O–H groups in total.